The lowest BCUT2D eigenvalue weighted by Gasteiger charge is -2.16. The van der Waals surface area contributed by atoms with Gasteiger partial charge in [-0.1, -0.05) is 70.5 Å². The number of aromatic nitrogens is 1. The minimum absolute atomic E-state index is 0.653. The Morgan fingerprint density at radius 1 is 0.833 bits per heavy atom. The Hall–Kier alpha value is -2.36. The maximum absolute atomic E-state index is 10.9. The molecule has 3 aromatic carbocycles. The summed E-state index contributed by atoms with van der Waals surface area (Å²) in [7, 11) is 0. The van der Waals surface area contributed by atoms with Crippen LogP contribution in [0.2, 0.25) is 0 Å². The molecule has 0 amide bonds. The Balaban J connectivity index is 1.89. The van der Waals surface area contributed by atoms with Crippen molar-refractivity contribution < 1.29 is 5.11 Å². The number of hydrogen-bond acceptors (Lipinski definition) is 1. The SMILES string of the molecule is OC(c1ccccc1)c1ccccc1-c1c[nH]c2ccc(Br)cc12. The van der Waals surface area contributed by atoms with E-state index in [-0.39, 0.29) is 0 Å². The zero-order chi connectivity index (χ0) is 16.5. The van der Waals surface area contributed by atoms with Crippen molar-refractivity contribution in [2.45, 2.75) is 6.10 Å². The van der Waals surface area contributed by atoms with Gasteiger partial charge in [-0.25, -0.2) is 0 Å². The van der Waals surface area contributed by atoms with E-state index in [4.69, 9.17) is 0 Å². The lowest BCUT2D eigenvalue weighted by molar-refractivity contribution is 0.221. The molecule has 0 saturated heterocycles. The summed E-state index contributed by atoms with van der Waals surface area (Å²) in [4.78, 5) is 3.32. The van der Waals surface area contributed by atoms with Crippen molar-refractivity contribution in [3.63, 3.8) is 0 Å². The van der Waals surface area contributed by atoms with E-state index in [2.05, 4.69) is 39.1 Å². The first-order valence-corrected chi connectivity index (χ1v) is 8.62. The highest BCUT2D eigenvalue weighted by atomic mass is 79.9. The molecule has 0 aliphatic heterocycles. The number of aliphatic hydroxyl groups is 1. The number of halogens is 1. The summed E-state index contributed by atoms with van der Waals surface area (Å²) in [6.45, 7) is 0. The fourth-order valence-corrected chi connectivity index (χ4v) is 3.47. The Bertz CT molecular complexity index is 991. The van der Waals surface area contributed by atoms with Gasteiger partial charge in [0.05, 0.1) is 0 Å². The van der Waals surface area contributed by atoms with Crippen LogP contribution in [0.3, 0.4) is 0 Å². The van der Waals surface area contributed by atoms with E-state index in [9.17, 15) is 5.11 Å². The first-order valence-electron chi connectivity index (χ1n) is 7.83. The summed E-state index contributed by atoms with van der Waals surface area (Å²) >= 11 is 3.54. The van der Waals surface area contributed by atoms with Crippen LogP contribution >= 0.6 is 15.9 Å². The van der Waals surface area contributed by atoms with Gasteiger partial charge in [0.15, 0.2) is 0 Å². The van der Waals surface area contributed by atoms with E-state index in [1.54, 1.807) is 0 Å². The number of H-pyrrole nitrogens is 1. The number of benzene rings is 3. The lowest BCUT2D eigenvalue weighted by Crippen LogP contribution is -2.01. The van der Waals surface area contributed by atoms with Crippen LogP contribution in [0.1, 0.15) is 17.2 Å². The van der Waals surface area contributed by atoms with Gasteiger partial charge in [0.25, 0.3) is 0 Å². The summed E-state index contributed by atoms with van der Waals surface area (Å²) in [5.74, 6) is 0. The number of fused-ring (bicyclic) bond motifs is 1. The molecule has 1 heterocycles. The molecule has 24 heavy (non-hydrogen) atoms. The number of aliphatic hydroxyl groups excluding tert-OH is 1. The molecule has 1 atom stereocenters. The maximum atomic E-state index is 10.9. The van der Waals surface area contributed by atoms with Crippen molar-refractivity contribution >= 4 is 26.8 Å². The van der Waals surface area contributed by atoms with E-state index in [1.807, 2.05) is 60.8 Å². The van der Waals surface area contributed by atoms with Gasteiger partial charge >= 0.3 is 0 Å². The molecule has 4 aromatic rings. The van der Waals surface area contributed by atoms with Gasteiger partial charge in [-0.2, -0.15) is 0 Å². The third-order valence-corrected chi connectivity index (χ3v) is 4.80. The molecule has 0 saturated carbocycles. The molecule has 0 spiro atoms. The van der Waals surface area contributed by atoms with Crippen LogP contribution in [-0.4, -0.2) is 10.1 Å². The number of aromatic amines is 1. The minimum atomic E-state index is -0.653. The second-order valence-corrected chi connectivity index (χ2v) is 6.71. The fraction of sp³-hybridized carbons (Fsp3) is 0.0476. The summed E-state index contributed by atoms with van der Waals surface area (Å²) in [6.07, 6.45) is 1.35. The van der Waals surface area contributed by atoms with Gasteiger partial charge in [-0.15, -0.1) is 0 Å². The highest BCUT2D eigenvalue weighted by Crippen LogP contribution is 2.36. The topological polar surface area (TPSA) is 36.0 Å². The quantitative estimate of drug-likeness (QED) is 0.473. The van der Waals surface area contributed by atoms with Crippen molar-refractivity contribution in [3.05, 3.63) is 94.6 Å². The third kappa shape index (κ3) is 2.66. The van der Waals surface area contributed by atoms with Gasteiger partial charge in [0, 0.05) is 27.1 Å². The molecule has 0 bridgehead atoms. The second-order valence-electron chi connectivity index (χ2n) is 5.79. The molecule has 0 aliphatic rings. The van der Waals surface area contributed by atoms with Crippen LogP contribution in [0.15, 0.2) is 83.5 Å². The molecule has 1 aromatic heterocycles. The molecule has 1 unspecified atom stereocenters. The summed E-state index contributed by atoms with van der Waals surface area (Å²) in [5, 5.41) is 12.0. The van der Waals surface area contributed by atoms with Crippen LogP contribution in [0, 0.1) is 0 Å². The van der Waals surface area contributed by atoms with Crippen molar-refractivity contribution in [2.75, 3.05) is 0 Å². The van der Waals surface area contributed by atoms with Gasteiger partial charge in [0.2, 0.25) is 0 Å². The number of nitrogens with one attached hydrogen (secondary N) is 1. The third-order valence-electron chi connectivity index (χ3n) is 4.30. The molecule has 2 N–H and O–H groups in total. The average molecular weight is 378 g/mol. The molecule has 118 valence electrons. The molecule has 0 fully saturated rings. The molecule has 4 rings (SSSR count). The van der Waals surface area contributed by atoms with Crippen molar-refractivity contribution in [1.82, 2.24) is 4.98 Å². The normalized spacial score (nSPS) is 12.4. The molecule has 2 nitrogen and oxygen atoms in total. The van der Waals surface area contributed by atoms with Gasteiger partial charge in [-0.3, -0.25) is 0 Å². The second kappa shape index (κ2) is 6.27. The van der Waals surface area contributed by atoms with Crippen LogP contribution in [0.4, 0.5) is 0 Å². The highest BCUT2D eigenvalue weighted by molar-refractivity contribution is 9.10. The minimum Gasteiger partial charge on any atom is -0.384 e. The Kier molecular flexibility index (Phi) is 3.97. The lowest BCUT2D eigenvalue weighted by atomic mass is 9.92. The Labute approximate surface area is 148 Å². The molecule has 0 aliphatic carbocycles. The Morgan fingerprint density at radius 2 is 1.58 bits per heavy atom. The van der Waals surface area contributed by atoms with E-state index < -0.39 is 6.10 Å². The molecular formula is C21H16BrNO. The van der Waals surface area contributed by atoms with Crippen LogP contribution in [0.25, 0.3) is 22.0 Å². The zero-order valence-corrected chi connectivity index (χ0v) is 14.5. The molecular weight excluding hydrogens is 362 g/mol. The standard InChI is InChI=1S/C21H16BrNO/c22-15-10-11-20-18(12-15)19(13-23-20)16-8-4-5-9-17(16)21(24)14-6-2-1-3-7-14/h1-13,21,23-24H. The summed E-state index contributed by atoms with van der Waals surface area (Å²) < 4.78 is 1.04. The van der Waals surface area contributed by atoms with E-state index in [0.29, 0.717) is 0 Å². The summed E-state index contributed by atoms with van der Waals surface area (Å²) in [6, 6.07) is 24.0. The van der Waals surface area contributed by atoms with Gasteiger partial charge < -0.3 is 10.1 Å². The van der Waals surface area contributed by atoms with Crippen LogP contribution in [0.5, 0.6) is 0 Å². The number of hydrogen-bond donors (Lipinski definition) is 2. The average Bonchev–Trinajstić information content (AvgIpc) is 3.04. The maximum Gasteiger partial charge on any atom is 0.105 e. The molecule has 0 radical (unpaired) electrons. The van der Waals surface area contributed by atoms with E-state index >= 15 is 0 Å². The van der Waals surface area contributed by atoms with E-state index in [0.717, 1.165) is 37.6 Å². The Morgan fingerprint density at radius 3 is 2.42 bits per heavy atom. The fourth-order valence-electron chi connectivity index (χ4n) is 3.11. The zero-order valence-electron chi connectivity index (χ0n) is 12.9. The van der Waals surface area contributed by atoms with Crippen LogP contribution < -0.4 is 0 Å². The number of rotatable bonds is 3. The predicted molar refractivity (Wildman–Crippen MR) is 102 cm³/mol. The smallest absolute Gasteiger partial charge is 0.105 e. The first-order chi connectivity index (χ1) is 11.7. The van der Waals surface area contributed by atoms with Gasteiger partial charge in [0.1, 0.15) is 6.10 Å². The monoisotopic (exact) mass is 377 g/mol. The first kappa shape index (κ1) is 15.2. The molecule has 3 heteroatoms. The predicted octanol–water partition coefficient (Wildman–Crippen LogP) is 5.68. The van der Waals surface area contributed by atoms with Crippen molar-refractivity contribution in [3.8, 4) is 11.1 Å². The highest BCUT2D eigenvalue weighted by Gasteiger charge is 2.17. The van der Waals surface area contributed by atoms with Crippen molar-refractivity contribution in [1.29, 1.82) is 0 Å². The largest absolute Gasteiger partial charge is 0.384 e. The van der Waals surface area contributed by atoms with Crippen LogP contribution in [-0.2, 0) is 0 Å². The van der Waals surface area contributed by atoms with E-state index in [1.165, 1.54) is 0 Å². The summed E-state index contributed by atoms with van der Waals surface area (Å²) in [5.41, 5.74) is 5.02. The van der Waals surface area contributed by atoms with Crippen molar-refractivity contribution in [2.24, 2.45) is 0 Å². The van der Waals surface area contributed by atoms with Gasteiger partial charge in [-0.05, 0) is 34.9 Å².